The topological polar surface area (TPSA) is 82.1 Å². The Labute approximate surface area is 67.3 Å². The fourth-order valence-corrected chi connectivity index (χ4v) is 0.485. The van der Waals surface area contributed by atoms with E-state index in [-0.39, 0.29) is 6.61 Å². The second-order valence-electron chi connectivity index (χ2n) is 1.92. The highest BCUT2D eigenvalue weighted by Crippen LogP contribution is 2.07. The van der Waals surface area contributed by atoms with Crippen LogP contribution in [-0.4, -0.2) is 29.9 Å². The van der Waals surface area contributed by atoms with Crippen molar-refractivity contribution >= 4 is 11.9 Å². The van der Waals surface area contributed by atoms with E-state index < -0.39 is 18.2 Å². The zero-order chi connectivity index (χ0) is 8.97. The largest absolute Gasteiger partial charge is 0.478 e. The predicted octanol–water partition coefficient (Wildman–Crippen LogP) is -0.542. The van der Waals surface area contributed by atoms with E-state index in [9.17, 15) is 9.59 Å². The Kier molecular flexibility index (Phi) is 2.78. The van der Waals surface area contributed by atoms with Crippen LogP contribution in [-0.2, 0) is 24.1 Å². The predicted molar refractivity (Wildman–Crippen MR) is 33.7 cm³/mol. The summed E-state index contributed by atoms with van der Waals surface area (Å²) in [4.78, 5) is 29.1. The summed E-state index contributed by atoms with van der Waals surface area (Å²) in [5, 5.41) is 8.12. The molecule has 1 N–H and O–H groups in total. The number of carboxylic acids is 1. The van der Waals surface area contributed by atoms with Crippen LogP contribution in [0.15, 0.2) is 12.2 Å². The molecule has 0 spiro atoms. The van der Waals surface area contributed by atoms with E-state index >= 15 is 0 Å². The third kappa shape index (κ3) is 2.69. The summed E-state index contributed by atoms with van der Waals surface area (Å²) in [5.41, 5.74) is 0. The third-order valence-corrected chi connectivity index (χ3v) is 0.989. The van der Waals surface area contributed by atoms with Crippen molar-refractivity contribution in [3.05, 3.63) is 12.2 Å². The summed E-state index contributed by atoms with van der Waals surface area (Å²) in [7, 11) is 0. The first-order valence-electron chi connectivity index (χ1n) is 3.08. The van der Waals surface area contributed by atoms with Gasteiger partial charge in [-0.05, 0) is 0 Å². The molecule has 1 heterocycles. The van der Waals surface area contributed by atoms with Crippen LogP contribution in [0.25, 0.3) is 0 Å². The van der Waals surface area contributed by atoms with Gasteiger partial charge in [0.25, 0.3) is 6.29 Å². The summed E-state index contributed by atoms with van der Waals surface area (Å²) >= 11 is 0. The molecule has 1 rings (SSSR count). The maximum atomic E-state index is 10.6. The Balaban J connectivity index is 2.23. The van der Waals surface area contributed by atoms with Crippen LogP contribution in [0.1, 0.15) is 0 Å². The molecule has 1 aliphatic rings. The summed E-state index contributed by atoms with van der Waals surface area (Å²) < 4.78 is 4.50. The third-order valence-electron chi connectivity index (χ3n) is 0.989. The number of aliphatic carboxylic acids is 1. The molecule has 0 aromatic carbocycles. The van der Waals surface area contributed by atoms with Crippen LogP contribution in [0, 0.1) is 0 Å². The molecule has 1 fully saturated rings. The minimum absolute atomic E-state index is 0.173. The van der Waals surface area contributed by atoms with Gasteiger partial charge in [-0.3, -0.25) is 0 Å². The van der Waals surface area contributed by atoms with Gasteiger partial charge in [-0.1, -0.05) is 0 Å². The minimum Gasteiger partial charge on any atom is -0.478 e. The van der Waals surface area contributed by atoms with Crippen molar-refractivity contribution in [1.29, 1.82) is 0 Å². The minimum atomic E-state index is -1.21. The number of carbonyl (C=O) groups excluding carboxylic acids is 1. The van der Waals surface area contributed by atoms with E-state index in [2.05, 4.69) is 14.5 Å². The van der Waals surface area contributed by atoms with E-state index in [1.165, 1.54) is 0 Å². The lowest BCUT2D eigenvalue weighted by molar-refractivity contribution is -0.472. The lowest BCUT2D eigenvalue weighted by atomic mass is 10.5. The normalized spacial score (nSPS) is 21.8. The molecule has 0 amide bonds. The standard InChI is InChI=1S/C6H6O6/c7-4(8)1-2-5(9)11-6-3-10-12-6/h1-2,6H,3H2,(H,7,8)/b2-1+. The van der Waals surface area contributed by atoms with E-state index in [4.69, 9.17) is 5.11 Å². The van der Waals surface area contributed by atoms with Gasteiger partial charge in [0.05, 0.1) is 0 Å². The lowest BCUT2D eigenvalue weighted by Gasteiger charge is -2.22. The van der Waals surface area contributed by atoms with Crippen LogP contribution in [0.5, 0.6) is 0 Å². The van der Waals surface area contributed by atoms with Crippen LogP contribution in [0.4, 0.5) is 0 Å². The van der Waals surface area contributed by atoms with Crippen molar-refractivity contribution in [3.8, 4) is 0 Å². The second kappa shape index (κ2) is 3.84. The molecular weight excluding hydrogens is 168 g/mol. The SMILES string of the molecule is O=C(O)/C=C/C(=O)OC1COO1. The Morgan fingerprint density at radius 1 is 1.50 bits per heavy atom. The second-order valence-corrected chi connectivity index (χ2v) is 1.92. The van der Waals surface area contributed by atoms with Crippen molar-refractivity contribution in [2.24, 2.45) is 0 Å². The van der Waals surface area contributed by atoms with Crippen LogP contribution < -0.4 is 0 Å². The maximum absolute atomic E-state index is 10.6. The van der Waals surface area contributed by atoms with E-state index in [0.29, 0.717) is 6.08 Å². The van der Waals surface area contributed by atoms with Gasteiger partial charge in [0.2, 0.25) is 0 Å². The number of hydrogen-bond acceptors (Lipinski definition) is 5. The summed E-state index contributed by atoms with van der Waals surface area (Å²) in [6.07, 6.45) is 0.766. The Hall–Kier alpha value is -1.40. The highest BCUT2D eigenvalue weighted by atomic mass is 17.3. The molecule has 6 heteroatoms. The summed E-state index contributed by atoms with van der Waals surface area (Å²) in [6, 6.07) is 0. The molecule has 1 unspecified atom stereocenters. The molecule has 0 aromatic rings. The fraction of sp³-hybridized carbons (Fsp3) is 0.333. The quantitative estimate of drug-likeness (QED) is 0.351. The first kappa shape index (κ1) is 8.69. The fourth-order valence-electron chi connectivity index (χ4n) is 0.485. The summed E-state index contributed by atoms with van der Waals surface area (Å²) in [6.45, 7) is 0.173. The first-order chi connectivity index (χ1) is 5.68. The average Bonchev–Trinajstić information content (AvgIpc) is 1.93. The molecule has 0 bridgehead atoms. The lowest BCUT2D eigenvalue weighted by Crippen LogP contribution is -2.35. The number of carboxylic acid groups (broad SMARTS) is 1. The van der Waals surface area contributed by atoms with Crippen LogP contribution in [0.2, 0.25) is 0 Å². The van der Waals surface area contributed by atoms with Gasteiger partial charge in [0.1, 0.15) is 6.61 Å². The highest BCUT2D eigenvalue weighted by molar-refractivity contribution is 5.90. The monoisotopic (exact) mass is 174 g/mol. The van der Waals surface area contributed by atoms with E-state index in [0.717, 1.165) is 6.08 Å². The molecular formula is C6H6O6. The molecule has 12 heavy (non-hydrogen) atoms. The van der Waals surface area contributed by atoms with Crippen molar-refractivity contribution in [3.63, 3.8) is 0 Å². The number of carbonyl (C=O) groups is 2. The number of esters is 1. The zero-order valence-corrected chi connectivity index (χ0v) is 5.93. The Bertz CT molecular complexity index is 216. The van der Waals surface area contributed by atoms with Gasteiger partial charge in [0.15, 0.2) is 0 Å². The van der Waals surface area contributed by atoms with Gasteiger partial charge >= 0.3 is 11.9 Å². The zero-order valence-electron chi connectivity index (χ0n) is 5.93. The maximum Gasteiger partial charge on any atom is 0.333 e. The van der Waals surface area contributed by atoms with E-state index in [1.807, 2.05) is 0 Å². The highest BCUT2D eigenvalue weighted by Gasteiger charge is 2.23. The molecule has 66 valence electrons. The van der Waals surface area contributed by atoms with Gasteiger partial charge < -0.3 is 9.84 Å². The molecule has 1 aliphatic heterocycles. The van der Waals surface area contributed by atoms with Crippen molar-refractivity contribution in [2.45, 2.75) is 6.29 Å². The Morgan fingerprint density at radius 3 is 2.58 bits per heavy atom. The molecule has 0 saturated carbocycles. The van der Waals surface area contributed by atoms with Gasteiger partial charge in [-0.25, -0.2) is 14.5 Å². The van der Waals surface area contributed by atoms with Gasteiger partial charge in [0, 0.05) is 12.2 Å². The van der Waals surface area contributed by atoms with Gasteiger partial charge in [-0.2, -0.15) is 4.89 Å². The van der Waals surface area contributed by atoms with Crippen molar-refractivity contribution in [1.82, 2.24) is 0 Å². The summed E-state index contributed by atoms with van der Waals surface area (Å²) in [5.74, 6) is -1.98. The molecule has 0 aromatic heterocycles. The van der Waals surface area contributed by atoms with Gasteiger partial charge in [-0.15, -0.1) is 0 Å². The molecule has 1 atom stereocenters. The molecule has 0 radical (unpaired) electrons. The molecule has 0 aliphatic carbocycles. The number of ether oxygens (including phenoxy) is 1. The smallest absolute Gasteiger partial charge is 0.333 e. The van der Waals surface area contributed by atoms with Crippen molar-refractivity contribution in [2.75, 3.05) is 6.61 Å². The van der Waals surface area contributed by atoms with Crippen LogP contribution >= 0.6 is 0 Å². The van der Waals surface area contributed by atoms with E-state index in [1.54, 1.807) is 0 Å². The van der Waals surface area contributed by atoms with Crippen LogP contribution in [0.3, 0.4) is 0 Å². The number of rotatable bonds is 3. The molecule has 1 saturated heterocycles. The first-order valence-corrected chi connectivity index (χ1v) is 3.08. The number of hydrogen-bond donors (Lipinski definition) is 1. The average molecular weight is 174 g/mol. The molecule has 6 nitrogen and oxygen atoms in total. The van der Waals surface area contributed by atoms with Crippen molar-refractivity contribution < 1.29 is 29.2 Å². The Morgan fingerprint density at radius 2 is 2.17 bits per heavy atom.